The van der Waals surface area contributed by atoms with Crippen LogP contribution in [0.3, 0.4) is 0 Å². The lowest BCUT2D eigenvalue weighted by Crippen LogP contribution is -2.05. The Morgan fingerprint density at radius 1 is 1.11 bits per heavy atom. The molecule has 98 valence electrons. The number of hydrogen-bond acceptors (Lipinski definition) is 3. The Bertz CT molecular complexity index is 673. The van der Waals surface area contributed by atoms with Gasteiger partial charge in [0.25, 0.3) is 0 Å². The number of halogens is 2. The number of carboxylic acid groups (broad SMARTS) is 1. The smallest absolute Gasteiger partial charge is 0.371 e. The molecule has 0 radical (unpaired) electrons. The second-order valence-electron chi connectivity index (χ2n) is 3.88. The van der Waals surface area contributed by atoms with Gasteiger partial charge in [-0.1, -0.05) is 0 Å². The lowest BCUT2D eigenvalue weighted by atomic mass is 10.1. The largest absolute Gasteiger partial charge is 0.475 e. The van der Waals surface area contributed by atoms with Crippen molar-refractivity contribution in [2.24, 2.45) is 0 Å². The number of carbonyl (C=O) groups is 2. The average molecular weight is 266 g/mol. The molecule has 1 N–H and O–H groups in total. The second kappa shape index (κ2) is 4.64. The van der Waals surface area contributed by atoms with Gasteiger partial charge in [-0.25, -0.2) is 13.6 Å². The van der Waals surface area contributed by atoms with Crippen molar-refractivity contribution in [2.45, 2.75) is 6.92 Å². The number of carboxylic acids is 1. The first-order valence-corrected chi connectivity index (χ1v) is 5.23. The predicted molar refractivity (Wildman–Crippen MR) is 60.2 cm³/mol. The zero-order valence-corrected chi connectivity index (χ0v) is 9.74. The van der Waals surface area contributed by atoms with Gasteiger partial charge >= 0.3 is 5.97 Å². The zero-order valence-electron chi connectivity index (χ0n) is 9.74. The highest BCUT2D eigenvalue weighted by Gasteiger charge is 2.20. The zero-order chi connectivity index (χ0) is 14.2. The molecule has 2 rings (SSSR count). The summed E-state index contributed by atoms with van der Waals surface area (Å²) in [7, 11) is 0. The molecular formula is C13H8F2O4. The van der Waals surface area contributed by atoms with Crippen LogP contribution in [-0.4, -0.2) is 16.9 Å². The van der Waals surface area contributed by atoms with Gasteiger partial charge in [0.1, 0.15) is 11.6 Å². The van der Waals surface area contributed by atoms with E-state index < -0.39 is 29.1 Å². The molecule has 1 aromatic heterocycles. The molecule has 4 nitrogen and oxygen atoms in total. The maximum Gasteiger partial charge on any atom is 0.371 e. The van der Waals surface area contributed by atoms with Crippen LogP contribution in [0, 0.1) is 18.6 Å². The van der Waals surface area contributed by atoms with Crippen LogP contribution in [0.25, 0.3) is 0 Å². The summed E-state index contributed by atoms with van der Waals surface area (Å²) in [6.07, 6.45) is 0. The number of benzene rings is 1. The molecule has 0 amide bonds. The molecule has 2 aromatic rings. The molecule has 0 fully saturated rings. The fraction of sp³-hybridized carbons (Fsp3) is 0.0769. The molecule has 19 heavy (non-hydrogen) atoms. The summed E-state index contributed by atoms with van der Waals surface area (Å²) in [6, 6.07) is 3.87. The molecule has 0 aliphatic heterocycles. The van der Waals surface area contributed by atoms with Crippen molar-refractivity contribution in [1.29, 1.82) is 0 Å². The summed E-state index contributed by atoms with van der Waals surface area (Å²) in [4.78, 5) is 22.5. The van der Waals surface area contributed by atoms with Gasteiger partial charge in [0.05, 0.1) is 5.56 Å². The van der Waals surface area contributed by atoms with Gasteiger partial charge in [0.2, 0.25) is 11.5 Å². The van der Waals surface area contributed by atoms with Crippen LogP contribution in [0.4, 0.5) is 8.78 Å². The van der Waals surface area contributed by atoms with Crippen molar-refractivity contribution in [2.75, 3.05) is 0 Å². The SMILES string of the molecule is Cc1cc(C(=O)c2ccc(C(=O)O)o2)c(F)cc1F. The van der Waals surface area contributed by atoms with Crippen LogP contribution in [0.2, 0.25) is 0 Å². The molecule has 0 aliphatic carbocycles. The number of aryl methyl sites for hydroxylation is 1. The quantitative estimate of drug-likeness (QED) is 0.867. The van der Waals surface area contributed by atoms with Crippen LogP contribution in [-0.2, 0) is 0 Å². The van der Waals surface area contributed by atoms with Crippen LogP contribution in [0.5, 0.6) is 0 Å². The first-order chi connectivity index (χ1) is 8.90. The van der Waals surface area contributed by atoms with Crippen molar-refractivity contribution in [1.82, 2.24) is 0 Å². The minimum atomic E-state index is -1.34. The molecule has 0 bridgehead atoms. The Balaban J connectivity index is 2.43. The average Bonchev–Trinajstić information content (AvgIpc) is 2.82. The van der Waals surface area contributed by atoms with E-state index in [-0.39, 0.29) is 16.9 Å². The maximum atomic E-state index is 13.5. The van der Waals surface area contributed by atoms with E-state index in [2.05, 4.69) is 0 Å². The lowest BCUT2D eigenvalue weighted by Gasteiger charge is -2.03. The topological polar surface area (TPSA) is 67.5 Å². The van der Waals surface area contributed by atoms with E-state index in [1.54, 1.807) is 0 Å². The molecule has 0 atom stereocenters. The van der Waals surface area contributed by atoms with Crippen molar-refractivity contribution >= 4 is 11.8 Å². The van der Waals surface area contributed by atoms with Crippen LogP contribution in [0.1, 0.15) is 32.2 Å². The summed E-state index contributed by atoms with van der Waals surface area (Å²) in [6.45, 7) is 1.39. The third-order valence-corrected chi connectivity index (χ3v) is 2.53. The second-order valence-corrected chi connectivity index (χ2v) is 3.88. The minimum Gasteiger partial charge on any atom is -0.475 e. The molecule has 0 unspecified atom stereocenters. The fourth-order valence-electron chi connectivity index (χ4n) is 1.54. The minimum absolute atomic E-state index is 0.106. The predicted octanol–water partition coefficient (Wildman–Crippen LogP) is 2.80. The number of ketones is 1. The van der Waals surface area contributed by atoms with Gasteiger partial charge in [-0.2, -0.15) is 0 Å². The Kier molecular flexibility index (Phi) is 3.16. The number of carbonyl (C=O) groups excluding carboxylic acids is 1. The summed E-state index contributed by atoms with van der Waals surface area (Å²) in [5.41, 5.74) is -0.264. The van der Waals surface area contributed by atoms with Crippen molar-refractivity contribution in [3.63, 3.8) is 0 Å². The highest BCUT2D eigenvalue weighted by Crippen LogP contribution is 2.19. The number of aromatic carboxylic acids is 1. The standard InChI is InChI=1S/C13H8F2O4/c1-6-4-7(9(15)5-8(6)14)12(16)10-2-3-11(19-10)13(17)18/h2-5H,1H3,(H,17,18). The Labute approximate surface area is 106 Å². The molecule has 6 heteroatoms. The van der Waals surface area contributed by atoms with E-state index in [4.69, 9.17) is 9.52 Å². The van der Waals surface area contributed by atoms with Gasteiger partial charge < -0.3 is 9.52 Å². The maximum absolute atomic E-state index is 13.5. The summed E-state index contributed by atoms with van der Waals surface area (Å²) in [5.74, 6) is -4.71. The normalized spacial score (nSPS) is 10.5. The van der Waals surface area contributed by atoms with Gasteiger partial charge in [0, 0.05) is 6.07 Å². The summed E-state index contributed by atoms with van der Waals surface area (Å²) < 4.78 is 31.4. The van der Waals surface area contributed by atoms with Gasteiger partial charge in [-0.05, 0) is 30.7 Å². The Morgan fingerprint density at radius 2 is 1.74 bits per heavy atom. The summed E-state index contributed by atoms with van der Waals surface area (Å²) >= 11 is 0. The summed E-state index contributed by atoms with van der Waals surface area (Å²) in [5, 5.41) is 8.66. The van der Waals surface area contributed by atoms with E-state index in [0.29, 0.717) is 6.07 Å². The molecule has 0 spiro atoms. The molecular weight excluding hydrogens is 258 g/mol. The third-order valence-electron chi connectivity index (χ3n) is 2.53. The van der Waals surface area contributed by atoms with E-state index in [1.807, 2.05) is 0 Å². The van der Waals surface area contributed by atoms with Crippen molar-refractivity contribution in [3.8, 4) is 0 Å². The number of hydrogen-bond donors (Lipinski definition) is 1. The lowest BCUT2D eigenvalue weighted by molar-refractivity contribution is 0.0660. The highest BCUT2D eigenvalue weighted by molar-refractivity contribution is 6.07. The van der Waals surface area contributed by atoms with Crippen molar-refractivity contribution < 1.29 is 27.9 Å². The van der Waals surface area contributed by atoms with Crippen LogP contribution < -0.4 is 0 Å². The fourth-order valence-corrected chi connectivity index (χ4v) is 1.54. The molecule has 0 saturated carbocycles. The third kappa shape index (κ3) is 2.37. The van der Waals surface area contributed by atoms with E-state index in [9.17, 15) is 18.4 Å². The van der Waals surface area contributed by atoms with E-state index >= 15 is 0 Å². The van der Waals surface area contributed by atoms with E-state index in [1.165, 1.54) is 6.92 Å². The van der Waals surface area contributed by atoms with Gasteiger partial charge in [-0.15, -0.1) is 0 Å². The monoisotopic (exact) mass is 266 g/mol. The first kappa shape index (κ1) is 12.9. The van der Waals surface area contributed by atoms with Crippen LogP contribution in [0.15, 0.2) is 28.7 Å². The van der Waals surface area contributed by atoms with Crippen molar-refractivity contribution in [3.05, 3.63) is 58.5 Å². The van der Waals surface area contributed by atoms with Crippen LogP contribution >= 0.6 is 0 Å². The molecule has 1 aromatic carbocycles. The Hall–Kier alpha value is -2.50. The molecule has 0 aliphatic rings. The highest BCUT2D eigenvalue weighted by atomic mass is 19.1. The number of furan rings is 1. The first-order valence-electron chi connectivity index (χ1n) is 5.23. The molecule has 0 saturated heterocycles. The number of rotatable bonds is 3. The van der Waals surface area contributed by atoms with E-state index in [0.717, 1.165) is 18.2 Å². The molecule has 1 heterocycles. The Morgan fingerprint density at radius 3 is 2.32 bits per heavy atom. The van der Waals surface area contributed by atoms with Gasteiger partial charge in [0.15, 0.2) is 5.76 Å². The van der Waals surface area contributed by atoms with Gasteiger partial charge in [-0.3, -0.25) is 4.79 Å².